The zero-order chi connectivity index (χ0) is 12.3. The van der Waals surface area contributed by atoms with Crippen LogP contribution in [0.2, 0.25) is 0 Å². The second-order valence-corrected chi connectivity index (χ2v) is 3.92. The van der Waals surface area contributed by atoms with Gasteiger partial charge in [0.15, 0.2) is 5.82 Å². The van der Waals surface area contributed by atoms with Gasteiger partial charge in [0, 0.05) is 13.2 Å². The Morgan fingerprint density at radius 2 is 2.41 bits per heavy atom. The molecule has 0 amide bonds. The Hall–Kier alpha value is -2.02. The fraction of sp³-hybridized carbons (Fsp3) is 0.200. The van der Waals surface area contributed by atoms with Crippen LogP contribution in [0, 0.1) is 0 Å². The molecule has 0 fully saturated rings. The van der Waals surface area contributed by atoms with Crippen LogP contribution in [-0.4, -0.2) is 24.7 Å². The van der Waals surface area contributed by atoms with E-state index < -0.39 is 0 Å². The first kappa shape index (κ1) is 11.5. The van der Waals surface area contributed by atoms with Crippen molar-refractivity contribution in [1.82, 2.24) is 19.7 Å². The van der Waals surface area contributed by atoms with Crippen molar-refractivity contribution in [3.05, 3.63) is 36.2 Å². The van der Waals surface area contributed by atoms with Crippen molar-refractivity contribution < 1.29 is 0 Å². The lowest BCUT2D eigenvalue weighted by Gasteiger charge is -2.09. The number of nitrogens with zero attached hydrogens (tertiary/aromatic N) is 4. The van der Waals surface area contributed by atoms with E-state index >= 15 is 0 Å². The number of aromatic nitrogens is 4. The van der Waals surface area contributed by atoms with Crippen LogP contribution in [0.3, 0.4) is 0 Å². The van der Waals surface area contributed by atoms with Crippen LogP contribution in [0.15, 0.2) is 24.7 Å². The fourth-order valence-corrected chi connectivity index (χ4v) is 1.55. The van der Waals surface area contributed by atoms with Gasteiger partial charge in [0.25, 0.3) is 0 Å². The molecule has 6 nitrogen and oxygen atoms in total. The molecule has 0 saturated carbocycles. The summed E-state index contributed by atoms with van der Waals surface area (Å²) in [5.41, 5.74) is 6.97. The molecule has 7 heteroatoms. The third-order valence-electron chi connectivity index (χ3n) is 2.28. The summed E-state index contributed by atoms with van der Waals surface area (Å²) in [7, 11) is 1.88. The van der Waals surface area contributed by atoms with E-state index in [0.717, 1.165) is 11.5 Å². The maximum absolute atomic E-state index is 5.59. The lowest BCUT2D eigenvalue weighted by atomic mass is 10.3. The van der Waals surface area contributed by atoms with Gasteiger partial charge in [0.05, 0.1) is 12.2 Å². The Kier molecular flexibility index (Phi) is 3.29. The molecule has 2 rings (SSSR count). The quantitative estimate of drug-likeness (QED) is 0.765. The third-order valence-corrected chi connectivity index (χ3v) is 2.48. The first-order chi connectivity index (χ1) is 8.18. The first-order valence-electron chi connectivity index (χ1n) is 5.00. The maximum Gasteiger partial charge on any atom is 0.151 e. The molecule has 0 unspecified atom stereocenters. The molecule has 3 N–H and O–H groups in total. The van der Waals surface area contributed by atoms with Crippen LogP contribution in [0.1, 0.15) is 11.5 Å². The zero-order valence-corrected chi connectivity index (χ0v) is 10.1. The number of nitrogens with two attached hydrogens (primary N) is 1. The highest BCUT2D eigenvalue weighted by Gasteiger charge is 2.07. The smallest absolute Gasteiger partial charge is 0.151 e. The van der Waals surface area contributed by atoms with Crippen LogP contribution in [0.4, 0.5) is 5.69 Å². The molecule has 0 aromatic carbocycles. The van der Waals surface area contributed by atoms with Gasteiger partial charge in [-0.2, -0.15) is 0 Å². The van der Waals surface area contributed by atoms with E-state index in [-0.39, 0.29) is 4.99 Å². The molecule has 88 valence electrons. The summed E-state index contributed by atoms with van der Waals surface area (Å²) in [5.74, 6) is 0.822. The summed E-state index contributed by atoms with van der Waals surface area (Å²) in [6.45, 7) is 0.539. The Balaban J connectivity index is 2.14. The van der Waals surface area contributed by atoms with Crippen molar-refractivity contribution in [3.63, 3.8) is 0 Å². The topological polar surface area (TPSA) is 81.7 Å². The minimum Gasteiger partial charge on any atom is -0.388 e. The van der Waals surface area contributed by atoms with Crippen LogP contribution in [0.5, 0.6) is 0 Å². The molecule has 2 aromatic heterocycles. The average Bonchev–Trinajstić information content (AvgIpc) is 2.72. The molecule has 0 aliphatic carbocycles. The van der Waals surface area contributed by atoms with Crippen LogP contribution in [-0.2, 0) is 13.6 Å². The van der Waals surface area contributed by atoms with Crippen LogP contribution < -0.4 is 11.1 Å². The van der Waals surface area contributed by atoms with Crippen molar-refractivity contribution in [3.8, 4) is 0 Å². The van der Waals surface area contributed by atoms with E-state index in [4.69, 9.17) is 18.0 Å². The second-order valence-electron chi connectivity index (χ2n) is 3.48. The predicted molar refractivity (Wildman–Crippen MR) is 68.5 cm³/mol. The molecule has 17 heavy (non-hydrogen) atoms. The average molecular weight is 248 g/mol. The normalized spacial score (nSPS) is 10.2. The molecule has 0 aliphatic rings. The number of hydrogen-bond acceptors (Lipinski definition) is 5. The summed E-state index contributed by atoms with van der Waals surface area (Å²) in [5, 5.41) is 11.0. The highest BCUT2D eigenvalue weighted by atomic mass is 32.1. The lowest BCUT2D eigenvalue weighted by Crippen LogP contribution is -2.15. The fourth-order valence-electron chi connectivity index (χ4n) is 1.39. The number of hydrogen-bond donors (Lipinski definition) is 2. The number of thiocarbonyl (C=S) groups is 1. The third kappa shape index (κ3) is 2.56. The van der Waals surface area contributed by atoms with Gasteiger partial charge < -0.3 is 15.6 Å². The summed E-state index contributed by atoms with van der Waals surface area (Å²) in [4.78, 5) is 4.40. The molecule has 2 aromatic rings. The van der Waals surface area contributed by atoms with E-state index in [9.17, 15) is 0 Å². The summed E-state index contributed by atoms with van der Waals surface area (Å²) in [6.07, 6.45) is 3.30. The number of aryl methyl sites for hydroxylation is 1. The van der Waals surface area contributed by atoms with Gasteiger partial charge in [-0.3, -0.25) is 4.98 Å². The molecular formula is C10H12N6S. The molecule has 0 atom stereocenters. The number of nitrogens with one attached hydrogen (secondary N) is 1. The number of anilines is 1. The van der Waals surface area contributed by atoms with Gasteiger partial charge in [0.2, 0.25) is 0 Å². The molecule has 0 radical (unpaired) electrons. The van der Waals surface area contributed by atoms with Gasteiger partial charge in [-0.1, -0.05) is 12.2 Å². The van der Waals surface area contributed by atoms with E-state index in [0.29, 0.717) is 12.2 Å². The van der Waals surface area contributed by atoms with Gasteiger partial charge in [-0.05, 0) is 12.1 Å². The predicted octanol–water partition coefficient (Wildman–Crippen LogP) is 0.456. The molecular weight excluding hydrogens is 236 g/mol. The summed E-state index contributed by atoms with van der Waals surface area (Å²) in [6, 6.07) is 3.69. The highest BCUT2D eigenvalue weighted by Crippen LogP contribution is 2.12. The van der Waals surface area contributed by atoms with E-state index in [1.165, 1.54) is 0 Å². The van der Waals surface area contributed by atoms with Crippen LogP contribution in [0.25, 0.3) is 0 Å². The first-order valence-corrected chi connectivity index (χ1v) is 5.41. The molecule has 0 aliphatic heterocycles. The number of rotatable bonds is 4. The Labute approximate surface area is 104 Å². The lowest BCUT2D eigenvalue weighted by molar-refractivity contribution is 0.812. The van der Waals surface area contributed by atoms with E-state index in [1.807, 2.05) is 23.7 Å². The largest absolute Gasteiger partial charge is 0.388 e. The Bertz CT molecular complexity index is 535. The second kappa shape index (κ2) is 4.88. The van der Waals surface area contributed by atoms with Crippen LogP contribution >= 0.6 is 12.2 Å². The van der Waals surface area contributed by atoms with E-state index in [1.54, 1.807) is 12.5 Å². The SMILES string of the molecule is Cn1cnnc1CNc1cccnc1C(N)=S. The Morgan fingerprint density at radius 1 is 1.59 bits per heavy atom. The van der Waals surface area contributed by atoms with Crippen molar-refractivity contribution in [2.45, 2.75) is 6.54 Å². The minimum absolute atomic E-state index is 0.270. The van der Waals surface area contributed by atoms with Gasteiger partial charge in [0.1, 0.15) is 17.0 Å². The molecule has 0 spiro atoms. The summed E-state index contributed by atoms with van der Waals surface area (Å²) >= 11 is 4.93. The highest BCUT2D eigenvalue weighted by molar-refractivity contribution is 7.80. The van der Waals surface area contributed by atoms with Gasteiger partial charge >= 0.3 is 0 Å². The van der Waals surface area contributed by atoms with Gasteiger partial charge in [-0.25, -0.2) is 0 Å². The zero-order valence-electron chi connectivity index (χ0n) is 9.29. The van der Waals surface area contributed by atoms with Crippen molar-refractivity contribution in [2.75, 3.05) is 5.32 Å². The van der Waals surface area contributed by atoms with Crippen molar-refractivity contribution >= 4 is 22.9 Å². The molecule has 2 heterocycles. The molecule has 0 saturated heterocycles. The minimum atomic E-state index is 0.270. The molecule has 0 bridgehead atoms. The summed E-state index contributed by atoms with van der Waals surface area (Å²) < 4.78 is 1.84. The standard InChI is InChI=1S/C10H12N6S/c1-16-6-14-15-8(16)5-13-7-3-2-4-12-9(7)10(11)17/h2-4,6,13H,5H2,1H3,(H2,11,17). The van der Waals surface area contributed by atoms with Crippen molar-refractivity contribution in [1.29, 1.82) is 0 Å². The maximum atomic E-state index is 5.59. The monoisotopic (exact) mass is 248 g/mol. The Morgan fingerprint density at radius 3 is 3.06 bits per heavy atom. The van der Waals surface area contributed by atoms with Crippen molar-refractivity contribution in [2.24, 2.45) is 12.8 Å². The van der Waals surface area contributed by atoms with Gasteiger partial charge in [-0.15, -0.1) is 10.2 Å². The van der Waals surface area contributed by atoms with E-state index in [2.05, 4.69) is 20.5 Å². The number of pyridine rings is 1.